The van der Waals surface area contributed by atoms with Crippen molar-refractivity contribution >= 4 is 21.6 Å². The largest absolute Gasteiger partial charge is 0.320 e. The van der Waals surface area contributed by atoms with Crippen LogP contribution in [0.1, 0.15) is 19.4 Å². The molecular weight excluding hydrogens is 278 g/mol. The third kappa shape index (κ3) is 2.70. The molecular formula is C13H19N3O3S. The number of nitrogens with two attached hydrogens (primary N) is 1. The summed E-state index contributed by atoms with van der Waals surface area (Å²) in [4.78, 5) is 13.8. The van der Waals surface area contributed by atoms with Crippen molar-refractivity contribution in [2.75, 3.05) is 18.0 Å². The van der Waals surface area contributed by atoms with E-state index in [1.165, 1.54) is 0 Å². The summed E-state index contributed by atoms with van der Waals surface area (Å²) in [6.45, 7) is 4.21. The van der Waals surface area contributed by atoms with E-state index in [-0.39, 0.29) is 10.8 Å². The molecule has 1 amide bonds. The Labute approximate surface area is 119 Å². The second-order valence-electron chi connectivity index (χ2n) is 4.82. The predicted octanol–water partition coefficient (Wildman–Crippen LogP) is 0.221. The van der Waals surface area contributed by atoms with Crippen LogP contribution in [0, 0.1) is 0 Å². The minimum Gasteiger partial charge on any atom is -0.320 e. The third-order valence-electron chi connectivity index (χ3n) is 3.25. The van der Waals surface area contributed by atoms with Crippen LogP contribution < -0.4 is 15.4 Å². The zero-order valence-corrected chi connectivity index (χ0v) is 12.4. The zero-order valence-electron chi connectivity index (χ0n) is 11.6. The van der Waals surface area contributed by atoms with E-state index in [9.17, 15) is 13.2 Å². The molecule has 1 aliphatic heterocycles. The summed E-state index contributed by atoms with van der Waals surface area (Å²) in [7, 11) is -3.52. The predicted molar refractivity (Wildman–Crippen MR) is 77.0 cm³/mol. The molecule has 0 unspecified atom stereocenters. The molecule has 0 aliphatic carbocycles. The van der Waals surface area contributed by atoms with Gasteiger partial charge in [-0.2, -0.15) is 0 Å². The normalized spacial score (nSPS) is 16.1. The number of carbonyl (C=O) groups is 1. The van der Waals surface area contributed by atoms with E-state index in [4.69, 9.17) is 5.73 Å². The van der Waals surface area contributed by atoms with Crippen molar-refractivity contribution < 1.29 is 13.2 Å². The fourth-order valence-corrected chi connectivity index (χ4v) is 3.33. The van der Waals surface area contributed by atoms with Crippen LogP contribution in [0.3, 0.4) is 0 Å². The van der Waals surface area contributed by atoms with Gasteiger partial charge in [-0.3, -0.25) is 4.79 Å². The number of benzene rings is 1. The molecule has 0 spiro atoms. The van der Waals surface area contributed by atoms with Crippen LogP contribution in [0.4, 0.5) is 5.69 Å². The van der Waals surface area contributed by atoms with Crippen molar-refractivity contribution in [2.24, 2.45) is 5.73 Å². The van der Waals surface area contributed by atoms with Gasteiger partial charge in [0.05, 0.1) is 10.9 Å². The van der Waals surface area contributed by atoms with Crippen LogP contribution in [0.25, 0.3) is 0 Å². The summed E-state index contributed by atoms with van der Waals surface area (Å²) in [5.74, 6) is -0.193. The van der Waals surface area contributed by atoms with E-state index in [1.54, 1.807) is 36.9 Å². The maximum Gasteiger partial charge on any atom is 0.243 e. The van der Waals surface area contributed by atoms with Crippen LogP contribution in [0.2, 0.25) is 0 Å². The molecule has 7 heteroatoms. The Morgan fingerprint density at radius 1 is 1.50 bits per heavy atom. The second-order valence-corrected chi connectivity index (χ2v) is 6.59. The van der Waals surface area contributed by atoms with Crippen molar-refractivity contribution in [1.29, 1.82) is 0 Å². The van der Waals surface area contributed by atoms with E-state index < -0.39 is 16.1 Å². The fourth-order valence-electron chi connectivity index (χ4n) is 2.27. The van der Waals surface area contributed by atoms with Gasteiger partial charge in [0.2, 0.25) is 15.9 Å². The van der Waals surface area contributed by atoms with Crippen LogP contribution in [0.5, 0.6) is 0 Å². The number of hydrogen-bond acceptors (Lipinski definition) is 4. The minimum atomic E-state index is -3.52. The molecule has 3 N–H and O–H groups in total. The summed E-state index contributed by atoms with van der Waals surface area (Å²) in [5.41, 5.74) is 7.23. The van der Waals surface area contributed by atoms with E-state index in [2.05, 4.69) is 4.72 Å². The summed E-state index contributed by atoms with van der Waals surface area (Å²) in [5, 5.41) is 0. The number of nitrogens with one attached hydrogen (secondary N) is 1. The van der Waals surface area contributed by atoms with Gasteiger partial charge in [0.1, 0.15) is 0 Å². The molecule has 20 heavy (non-hydrogen) atoms. The van der Waals surface area contributed by atoms with Gasteiger partial charge in [-0.25, -0.2) is 13.1 Å². The Balaban J connectivity index is 2.41. The highest BCUT2D eigenvalue weighted by molar-refractivity contribution is 7.89. The molecule has 0 aromatic heterocycles. The highest BCUT2D eigenvalue weighted by atomic mass is 32.2. The van der Waals surface area contributed by atoms with Crippen molar-refractivity contribution in [3.63, 3.8) is 0 Å². The molecule has 1 atom stereocenters. The molecule has 110 valence electrons. The maximum absolute atomic E-state index is 12.0. The SMILES string of the molecule is CCNS(=O)(=O)c1ccc2c(c1)N(C(=O)[C@H](C)N)CC2. The minimum absolute atomic E-state index is 0.169. The highest BCUT2D eigenvalue weighted by Gasteiger charge is 2.28. The molecule has 1 aliphatic rings. The first-order chi connectivity index (χ1) is 9.36. The summed E-state index contributed by atoms with van der Waals surface area (Å²) in [6, 6.07) is 4.26. The lowest BCUT2D eigenvalue weighted by Crippen LogP contribution is -2.41. The Kier molecular flexibility index (Phi) is 4.12. The molecule has 6 nitrogen and oxygen atoms in total. The number of hydrogen-bond donors (Lipinski definition) is 2. The Bertz CT molecular complexity index is 626. The average Bonchev–Trinajstić information content (AvgIpc) is 2.80. The Morgan fingerprint density at radius 2 is 2.20 bits per heavy atom. The quantitative estimate of drug-likeness (QED) is 0.831. The van der Waals surface area contributed by atoms with Crippen molar-refractivity contribution in [2.45, 2.75) is 31.2 Å². The van der Waals surface area contributed by atoms with Gasteiger partial charge in [-0.05, 0) is 31.0 Å². The standard InChI is InChI=1S/C13H19N3O3S/c1-3-15-20(18,19)11-5-4-10-6-7-16(12(10)8-11)13(17)9(2)14/h4-5,8-9,15H,3,6-7,14H2,1-2H3/t9-/m0/s1. The molecule has 0 saturated heterocycles. The zero-order chi connectivity index (χ0) is 14.9. The smallest absolute Gasteiger partial charge is 0.243 e. The van der Waals surface area contributed by atoms with E-state index in [1.807, 2.05) is 0 Å². The van der Waals surface area contributed by atoms with Gasteiger partial charge in [0.15, 0.2) is 0 Å². The van der Waals surface area contributed by atoms with Gasteiger partial charge in [-0.1, -0.05) is 13.0 Å². The second kappa shape index (κ2) is 5.51. The third-order valence-corrected chi connectivity index (χ3v) is 4.80. The van der Waals surface area contributed by atoms with E-state index in [0.29, 0.717) is 18.8 Å². The number of anilines is 1. The van der Waals surface area contributed by atoms with Crippen LogP contribution in [-0.4, -0.2) is 33.5 Å². The van der Waals surface area contributed by atoms with Crippen molar-refractivity contribution in [3.8, 4) is 0 Å². The lowest BCUT2D eigenvalue weighted by atomic mass is 10.2. The molecule has 1 aromatic rings. The Hall–Kier alpha value is -1.44. The number of fused-ring (bicyclic) bond motifs is 1. The van der Waals surface area contributed by atoms with Crippen molar-refractivity contribution in [3.05, 3.63) is 23.8 Å². The molecule has 0 fully saturated rings. The number of sulfonamides is 1. The summed E-state index contributed by atoms with van der Waals surface area (Å²) < 4.78 is 26.4. The molecule has 2 rings (SSSR count). The van der Waals surface area contributed by atoms with E-state index in [0.717, 1.165) is 12.0 Å². The summed E-state index contributed by atoms with van der Waals surface area (Å²) in [6.07, 6.45) is 0.718. The Morgan fingerprint density at radius 3 is 2.80 bits per heavy atom. The van der Waals surface area contributed by atoms with E-state index >= 15 is 0 Å². The molecule has 1 aromatic carbocycles. The topological polar surface area (TPSA) is 92.5 Å². The first-order valence-electron chi connectivity index (χ1n) is 6.56. The van der Waals surface area contributed by atoms with Gasteiger partial charge in [-0.15, -0.1) is 0 Å². The molecule has 1 heterocycles. The van der Waals surface area contributed by atoms with Crippen molar-refractivity contribution in [1.82, 2.24) is 4.72 Å². The van der Waals surface area contributed by atoms with Crippen LogP contribution >= 0.6 is 0 Å². The maximum atomic E-state index is 12.0. The van der Waals surface area contributed by atoms with Crippen LogP contribution in [0.15, 0.2) is 23.1 Å². The fraction of sp³-hybridized carbons (Fsp3) is 0.462. The number of rotatable bonds is 4. The van der Waals surface area contributed by atoms with Crippen LogP contribution in [-0.2, 0) is 21.2 Å². The van der Waals surface area contributed by atoms with Gasteiger partial charge in [0.25, 0.3) is 0 Å². The highest BCUT2D eigenvalue weighted by Crippen LogP contribution is 2.30. The monoisotopic (exact) mass is 297 g/mol. The van der Waals surface area contributed by atoms with Gasteiger partial charge < -0.3 is 10.6 Å². The summed E-state index contributed by atoms with van der Waals surface area (Å²) >= 11 is 0. The average molecular weight is 297 g/mol. The van der Waals surface area contributed by atoms with Gasteiger partial charge >= 0.3 is 0 Å². The molecule has 0 bridgehead atoms. The molecule has 0 saturated carbocycles. The first kappa shape index (κ1) is 15.0. The number of amides is 1. The first-order valence-corrected chi connectivity index (χ1v) is 8.04. The number of carbonyl (C=O) groups excluding carboxylic acids is 1. The van der Waals surface area contributed by atoms with Gasteiger partial charge in [0, 0.05) is 18.8 Å². The number of nitrogens with zero attached hydrogens (tertiary/aromatic N) is 1. The lowest BCUT2D eigenvalue weighted by molar-refractivity contribution is -0.119. The lowest BCUT2D eigenvalue weighted by Gasteiger charge is -2.20. The molecule has 0 radical (unpaired) electrons.